The Balaban J connectivity index is 1.68. The van der Waals surface area contributed by atoms with Crippen molar-refractivity contribution in [2.24, 2.45) is 0 Å². The number of thioether (sulfide) groups is 1. The number of hydrogen-bond acceptors (Lipinski definition) is 5. The Morgan fingerprint density at radius 1 is 1.31 bits per heavy atom. The van der Waals surface area contributed by atoms with Crippen LogP contribution in [0.2, 0.25) is 0 Å². The minimum absolute atomic E-state index is 0.151. The average Bonchev–Trinajstić information content (AvgIpc) is 3.21. The lowest BCUT2D eigenvalue weighted by Crippen LogP contribution is -2.15. The molecule has 0 unspecified atom stereocenters. The van der Waals surface area contributed by atoms with Gasteiger partial charge in [0.1, 0.15) is 11.6 Å². The molecule has 8 heteroatoms. The van der Waals surface area contributed by atoms with E-state index >= 15 is 0 Å². The van der Waals surface area contributed by atoms with Gasteiger partial charge in [0.15, 0.2) is 11.0 Å². The Bertz CT molecular complexity index is 935. The molecule has 0 aliphatic rings. The third-order valence-corrected chi connectivity index (χ3v) is 4.89. The standard InChI is InChI=1S/C18H19FN4O2S/c1-4-23-17(14-7-8-25-12(14)3)21-22-18(23)26-10-16(24)20-13-6-5-11(2)15(19)9-13/h5-9H,4,10H2,1-3H3,(H,20,24). The second-order valence-corrected chi connectivity index (χ2v) is 6.68. The Hall–Kier alpha value is -2.61. The van der Waals surface area contributed by atoms with Gasteiger partial charge in [0.2, 0.25) is 5.91 Å². The number of anilines is 1. The summed E-state index contributed by atoms with van der Waals surface area (Å²) < 4.78 is 20.8. The van der Waals surface area contributed by atoms with Crippen LogP contribution in [0.1, 0.15) is 18.2 Å². The molecule has 0 aliphatic carbocycles. The van der Waals surface area contributed by atoms with Gasteiger partial charge in [0.05, 0.1) is 17.6 Å². The molecular formula is C18H19FN4O2S. The van der Waals surface area contributed by atoms with E-state index in [1.807, 2.05) is 24.5 Å². The summed E-state index contributed by atoms with van der Waals surface area (Å²) in [5.41, 5.74) is 1.85. The van der Waals surface area contributed by atoms with Crippen molar-refractivity contribution >= 4 is 23.4 Å². The molecule has 0 radical (unpaired) electrons. The van der Waals surface area contributed by atoms with E-state index in [0.717, 1.165) is 11.3 Å². The topological polar surface area (TPSA) is 73.0 Å². The molecule has 0 saturated carbocycles. The van der Waals surface area contributed by atoms with Crippen LogP contribution in [0.15, 0.2) is 40.1 Å². The number of rotatable bonds is 6. The number of nitrogens with one attached hydrogen (secondary N) is 1. The predicted octanol–water partition coefficient (Wildman–Crippen LogP) is 4.04. The molecule has 136 valence electrons. The molecule has 0 saturated heterocycles. The smallest absolute Gasteiger partial charge is 0.234 e. The number of amides is 1. The molecule has 3 aromatic rings. The first-order valence-electron chi connectivity index (χ1n) is 8.16. The molecule has 26 heavy (non-hydrogen) atoms. The largest absolute Gasteiger partial charge is 0.469 e. The second kappa shape index (κ2) is 7.74. The van der Waals surface area contributed by atoms with Gasteiger partial charge in [-0.05, 0) is 44.5 Å². The lowest BCUT2D eigenvalue weighted by Gasteiger charge is -2.08. The third-order valence-electron chi connectivity index (χ3n) is 3.92. The average molecular weight is 374 g/mol. The number of halogens is 1. The molecule has 0 fully saturated rings. The van der Waals surface area contributed by atoms with E-state index in [4.69, 9.17) is 4.42 Å². The van der Waals surface area contributed by atoms with Gasteiger partial charge >= 0.3 is 0 Å². The maximum atomic E-state index is 13.6. The highest BCUT2D eigenvalue weighted by Gasteiger charge is 2.17. The maximum Gasteiger partial charge on any atom is 0.234 e. The fraction of sp³-hybridized carbons (Fsp3) is 0.278. The molecule has 1 amide bonds. The molecule has 1 aromatic carbocycles. The summed E-state index contributed by atoms with van der Waals surface area (Å²) in [5, 5.41) is 11.7. The van der Waals surface area contributed by atoms with Crippen molar-refractivity contribution in [3.63, 3.8) is 0 Å². The van der Waals surface area contributed by atoms with E-state index < -0.39 is 0 Å². The van der Waals surface area contributed by atoms with Crippen LogP contribution in [0, 0.1) is 19.7 Å². The van der Waals surface area contributed by atoms with Gasteiger partial charge < -0.3 is 14.3 Å². The van der Waals surface area contributed by atoms with Crippen molar-refractivity contribution in [3.05, 3.63) is 47.7 Å². The van der Waals surface area contributed by atoms with Crippen LogP contribution in [-0.2, 0) is 11.3 Å². The number of furan rings is 1. The quantitative estimate of drug-likeness (QED) is 0.659. The molecule has 0 atom stereocenters. The van der Waals surface area contributed by atoms with E-state index in [1.165, 1.54) is 17.8 Å². The minimum atomic E-state index is -0.346. The van der Waals surface area contributed by atoms with Gasteiger partial charge in [0, 0.05) is 12.2 Å². The van der Waals surface area contributed by atoms with Crippen LogP contribution in [0.25, 0.3) is 11.4 Å². The molecule has 0 aliphatic heterocycles. The molecule has 3 rings (SSSR count). The molecule has 1 N–H and O–H groups in total. The number of nitrogens with zero attached hydrogens (tertiary/aromatic N) is 3. The van der Waals surface area contributed by atoms with E-state index in [9.17, 15) is 9.18 Å². The predicted molar refractivity (Wildman–Crippen MR) is 98.6 cm³/mol. The van der Waals surface area contributed by atoms with Crippen LogP contribution >= 0.6 is 11.8 Å². The van der Waals surface area contributed by atoms with Gasteiger partial charge in [-0.25, -0.2) is 4.39 Å². The van der Waals surface area contributed by atoms with Crippen molar-refractivity contribution in [3.8, 4) is 11.4 Å². The van der Waals surface area contributed by atoms with Crippen LogP contribution in [-0.4, -0.2) is 26.4 Å². The lowest BCUT2D eigenvalue weighted by molar-refractivity contribution is -0.113. The van der Waals surface area contributed by atoms with Gasteiger partial charge in [-0.15, -0.1) is 10.2 Å². The Morgan fingerprint density at radius 3 is 2.77 bits per heavy atom. The highest BCUT2D eigenvalue weighted by molar-refractivity contribution is 7.99. The number of carbonyl (C=O) groups is 1. The number of aromatic nitrogens is 3. The highest BCUT2D eigenvalue weighted by Crippen LogP contribution is 2.27. The van der Waals surface area contributed by atoms with Gasteiger partial charge in [-0.1, -0.05) is 17.8 Å². The van der Waals surface area contributed by atoms with Gasteiger partial charge in [-0.3, -0.25) is 4.79 Å². The summed E-state index contributed by atoms with van der Waals surface area (Å²) in [6, 6.07) is 6.46. The number of aryl methyl sites for hydroxylation is 2. The Kier molecular flexibility index (Phi) is 5.41. The number of hydrogen-bond donors (Lipinski definition) is 1. The van der Waals surface area contributed by atoms with Crippen molar-refractivity contribution in [2.75, 3.05) is 11.1 Å². The first kappa shape index (κ1) is 18.2. The monoisotopic (exact) mass is 374 g/mol. The normalized spacial score (nSPS) is 10.9. The van der Waals surface area contributed by atoms with Crippen molar-refractivity contribution in [1.29, 1.82) is 0 Å². The minimum Gasteiger partial charge on any atom is -0.469 e. The Labute approximate surface area is 154 Å². The van der Waals surface area contributed by atoms with Crippen molar-refractivity contribution < 1.29 is 13.6 Å². The zero-order valence-electron chi connectivity index (χ0n) is 14.7. The third kappa shape index (κ3) is 3.80. The van der Waals surface area contributed by atoms with Crippen LogP contribution in [0.5, 0.6) is 0 Å². The summed E-state index contributed by atoms with van der Waals surface area (Å²) in [6.45, 7) is 6.19. The van der Waals surface area contributed by atoms with Crippen molar-refractivity contribution in [2.45, 2.75) is 32.5 Å². The summed E-state index contributed by atoms with van der Waals surface area (Å²) in [6.07, 6.45) is 1.61. The molecule has 0 spiro atoms. The summed E-state index contributed by atoms with van der Waals surface area (Å²) in [7, 11) is 0. The van der Waals surface area contributed by atoms with E-state index in [2.05, 4.69) is 15.5 Å². The fourth-order valence-corrected chi connectivity index (χ4v) is 3.30. The first-order chi connectivity index (χ1) is 12.5. The number of carbonyl (C=O) groups excluding carboxylic acids is 1. The zero-order valence-corrected chi connectivity index (χ0v) is 15.6. The van der Waals surface area contributed by atoms with Crippen molar-refractivity contribution in [1.82, 2.24) is 14.8 Å². The van der Waals surface area contributed by atoms with E-state index in [-0.39, 0.29) is 17.5 Å². The van der Waals surface area contributed by atoms with Crippen LogP contribution in [0.3, 0.4) is 0 Å². The highest BCUT2D eigenvalue weighted by atomic mass is 32.2. The van der Waals surface area contributed by atoms with Crippen LogP contribution < -0.4 is 5.32 Å². The second-order valence-electron chi connectivity index (χ2n) is 5.74. The number of benzene rings is 1. The van der Waals surface area contributed by atoms with Gasteiger partial charge in [-0.2, -0.15) is 0 Å². The van der Waals surface area contributed by atoms with E-state index in [1.54, 1.807) is 25.3 Å². The SMILES string of the molecule is CCn1c(SCC(=O)Nc2ccc(C)c(F)c2)nnc1-c1ccoc1C. The first-order valence-corrected chi connectivity index (χ1v) is 9.14. The summed E-state index contributed by atoms with van der Waals surface area (Å²) in [5.74, 6) is 1.05. The molecule has 6 nitrogen and oxygen atoms in total. The summed E-state index contributed by atoms with van der Waals surface area (Å²) in [4.78, 5) is 12.1. The van der Waals surface area contributed by atoms with Crippen LogP contribution in [0.4, 0.5) is 10.1 Å². The lowest BCUT2D eigenvalue weighted by atomic mass is 10.2. The Morgan fingerprint density at radius 2 is 2.12 bits per heavy atom. The molecular weight excluding hydrogens is 355 g/mol. The maximum absolute atomic E-state index is 13.6. The summed E-state index contributed by atoms with van der Waals surface area (Å²) >= 11 is 1.28. The van der Waals surface area contributed by atoms with Gasteiger partial charge in [0.25, 0.3) is 0 Å². The zero-order chi connectivity index (χ0) is 18.7. The fourth-order valence-electron chi connectivity index (χ4n) is 2.49. The van der Waals surface area contributed by atoms with E-state index in [0.29, 0.717) is 28.8 Å². The molecule has 2 heterocycles. The molecule has 2 aromatic heterocycles. The molecule has 0 bridgehead atoms.